The topological polar surface area (TPSA) is 71.8 Å². The number of aromatic nitrogens is 2. The number of benzene rings is 1. The van der Waals surface area contributed by atoms with Crippen molar-refractivity contribution in [2.24, 2.45) is 0 Å². The molecule has 2 N–H and O–H groups in total. The molecule has 0 saturated carbocycles. The van der Waals surface area contributed by atoms with Crippen molar-refractivity contribution >= 4 is 0 Å². The van der Waals surface area contributed by atoms with Gasteiger partial charge < -0.3 is 29.4 Å². The van der Waals surface area contributed by atoms with E-state index in [1.54, 1.807) is 13.3 Å². The maximum absolute atomic E-state index is 10.2. The lowest BCUT2D eigenvalue weighted by Crippen LogP contribution is -2.35. The molecule has 7 heteroatoms. The first-order chi connectivity index (χ1) is 13.7. The number of hydrogen-bond acceptors (Lipinski definition) is 6. The Hall–Kier alpha value is -2.09. The minimum atomic E-state index is -0.533. The molecule has 7 nitrogen and oxygen atoms in total. The number of nitrogens with zero attached hydrogens (tertiary/aromatic N) is 3. The van der Waals surface area contributed by atoms with E-state index in [1.165, 1.54) is 0 Å². The van der Waals surface area contributed by atoms with Crippen LogP contribution in [-0.4, -0.2) is 65.6 Å². The van der Waals surface area contributed by atoms with E-state index < -0.39 is 6.10 Å². The summed E-state index contributed by atoms with van der Waals surface area (Å²) in [5.41, 5.74) is 1.12. The quantitative estimate of drug-likeness (QED) is 0.482. The van der Waals surface area contributed by atoms with E-state index in [-0.39, 0.29) is 6.61 Å². The van der Waals surface area contributed by atoms with Crippen LogP contribution in [0.1, 0.15) is 25.8 Å². The molecule has 0 radical (unpaired) electrons. The average Bonchev–Trinajstić information content (AvgIpc) is 3.23. The van der Waals surface area contributed by atoms with Gasteiger partial charge in [-0.25, -0.2) is 4.98 Å². The summed E-state index contributed by atoms with van der Waals surface area (Å²) in [6, 6.07) is 5.92. The minimum Gasteiger partial charge on any atom is -0.493 e. The molecule has 0 fully saturated rings. The molecule has 0 aliphatic rings. The number of ether oxygens (including phenoxy) is 2. The maximum Gasteiger partial charge on any atom is 0.161 e. The van der Waals surface area contributed by atoms with Gasteiger partial charge in [0.1, 0.15) is 12.7 Å². The zero-order chi connectivity index (χ0) is 20.2. The Kier molecular flexibility index (Phi) is 9.82. The van der Waals surface area contributed by atoms with Crippen LogP contribution in [0.5, 0.6) is 11.5 Å². The monoisotopic (exact) mass is 390 g/mol. The third kappa shape index (κ3) is 7.50. The molecule has 1 atom stereocenters. The summed E-state index contributed by atoms with van der Waals surface area (Å²) in [4.78, 5) is 6.22. The first-order valence-corrected chi connectivity index (χ1v) is 10.0. The summed E-state index contributed by atoms with van der Waals surface area (Å²) < 4.78 is 13.3. The van der Waals surface area contributed by atoms with E-state index in [1.807, 2.05) is 30.7 Å². The van der Waals surface area contributed by atoms with Gasteiger partial charge in [0.05, 0.1) is 13.4 Å². The minimum absolute atomic E-state index is 0.245. The SMILES string of the molecule is CCN(CC)C[C@H](O)COc1cc(CNCCCn2ccnc2)ccc1OC. The zero-order valence-electron chi connectivity index (χ0n) is 17.3. The van der Waals surface area contributed by atoms with Crippen LogP contribution >= 0.6 is 0 Å². The lowest BCUT2D eigenvalue weighted by atomic mass is 10.2. The summed E-state index contributed by atoms with van der Waals surface area (Å²) >= 11 is 0. The molecule has 2 aromatic rings. The van der Waals surface area contributed by atoms with Crippen molar-refractivity contribution in [3.05, 3.63) is 42.5 Å². The van der Waals surface area contributed by atoms with Crippen LogP contribution in [0.25, 0.3) is 0 Å². The molecular weight excluding hydrogens is 356 g/mol. The van der Waals surface area contributed by atoms with Crippen molar-refractivity contribution in [1.82, 2.24) is 19.8 Å². The molecule has 0 aliphatic carbocycles. The third-order valence-electron chi connectivity index (χ3n) is 4.68. The number of imidazole rings is 1. The number of nitrogens with one attached hydrogen (secondary N) is 1. The number of aryl methyl sites for hydroxylation is 1. The highest BCUT2D eigenvalue weighted by Crippen LogP contribution is 2.28. The molecule has 0 saturated heterocycles. The number of methoxy groups -OCH3 is 1. The van der Waals surface area contributed by atoms with Crippen LogP contribution < -0.4 is 14.8 Å². The van der Waals surface area contributed by atoms with E-state index >= 15 is 0 Å². The van der Waals surface area contributed by atoms with Gasteiger partial charge in [0.2, 0.25) is 0 Å². The summed E-state index contributed by atoms with van der Waals surface area (Å²) in [5, 5.41) is 13.7. The second kappa shape index (κ2) is 12.4. The predicted octanol–water partition coefficient (Wildman–Crippen LogP) is 2.15. The van der Waals surface area contributed by atoms with Gasteiger partial charge in [-0.3, -0.25) is 0 Å². The first-order valence-electron chi connectivity index (χ1n) is 10.0. The number of aliphatic hydroxyl groups is 1. The number of aliphatic hydroxyl groups excluding tert-OH is 1. The molecular formula is C21H34N4O3. The maximum atomic E-state index is 10.2. The Morgan fingerprint density at radius 3 is 2.75 bits per heavy atom. The highest BCUT2D eigenvalue weighted by Gasteiger charge is 2.12. The molecule has 1 heterocycles. The van der Waals surface area contributed by atoms with Gasteiger partial charge in [0.25, 0.3) is 0 Å². The van der Waals surface area contributed by atoms with Gasteiger partial charge >= 0.3 is 0 Å². The Balaban J connectivity index is 1.79. The standard InChI is InChI=1S/C21H34N4O3/c1-4-24(5-2)15-19(26)16-28-21-13-18(7-8-20(21)27-3)14-22-9-6-11-25-12-10-23-17-25/h7-8,10,12-13,17,19,22,26H,4-6,9,11,14-16H2,1-3H3/t19-/m0/s1. The van der Waals surface area contributed by atoms with Crippen molar-refractivity contribution in [2.75, 3.05) is 39.9 Å². The Morgan fingerprint density at radius 1 is 1.25 bits per heavy atom. The molecule has 0 aliphatic heterocycles. The molecule has 2 rings (SSSR count). The van der Waals surface area contributed by atoms with Crippen LogP contribution in [0.15, 0.2) is 36.9 Å². The second-order valence-corrected chi connectivity index (χ2v) is 6.77. The molecule has 0 bridgehead atoms. The van der Waals surface area contributed by atoms with Crippen LogP contribution in [0.3, 0.4) is 0 Å². The van der Waals surface area contributed by atoms with E-state index in [4.69, 9.17) is 9.47 Å². The number of rotatable bonds is 14. The van der Waals surface area contributed by atoms with Gasteiger partial charge in [0.15, 0.2) is 11.5 Å². The molecule has 1 aromatic carbocycles. The lowest BCUT2D eigenvalue weighted by Gasteiger charge is -2.22. The lowest BCUT2D eigenvalue weighted by molar-refractivity contribution is 0.0705. The highest BCUT2D eigenvalue weighted by atomic mass is 16.5. The van der Waals surface area contributed by atoms with Crippen molar-refractivity contribution in [3.8, 4) is 11.5 Å². The summed E-state index contributed by atoms with van der Waals surface area (Å²) in [5.74, 6) is 1.35. The fraction of sp³-hybridized carbons (Fsp3) is 0.571. The molecule has 1 aromatic heterocycles. The third-order valence-corrected chi connectivity index (χ3v) is 4.68. The average molecular weight is 391 g/mol. The van der Waals surface area contributed by atoms with Crippen molar-refractivity contribution in [2.45, 2.75) is 39.5 Å². The fourth-order valence-electron chi connectivity index (χ4n) is 3.00. The van der Waals surface area contributed by atoms with Crippen molar-refractivity contribution in [3.63, 3.8) is 0 Å². The molecule has 28 heavy (non-hydrogen) atoms. The Morgan fingerprint density at radius 2 is 2.07 bits per heavy atom. The van der Waals surface area contributed by atoms with Crippen LogP contribution in [0, 0.1) is 0 Å². The van der Waals surface area contributed by atoms with Crippen molar-refractivity contribution < 1.29 is 14.6 Å². The molecule has 156 valence electrons. The van der Waals surface area contributed by atoms with Gasteiger partial charge in [0, 0.05) is 32.0 Å². The molecule has 0 unspecified atom stereocenters. The van der Waals surface area contributed by atoms with Gasteiger partial charge in [-0.2, -0.15) is 0 Å². The Bertz CT molecular complexity index is 660. The van der Waals surface area contributed by atoms with E-state index in [0.29, 0.717) is 18.0 Å². The predicted molar refractivity (Wildman–Crippen MR) is 111 cm³/mol. The van der Waals surface area contributed by atoms with Crippen LogP contribution in [-0.2, 0) is 13.1 Å². The van der Waals surface area contributed by atoms with E-state index in [9.17, 15) is 5.11 Å². The Labute approximate surface area is 168 Å². The number of likely N-dealkylation sites (N-methyl/N-ethyl adjacent to an activating group) is 1. The smallest absolute Gasteiger partial charge is 0.161 e. The second-order valence-electron chi connectivity index (χ2n) is 6.77. The number of hydrogen-bond donors (Lipinski definition) is 2. The molecule has 0 spiro atoms. The van der Waals surface area contributed by atoms with Crippen molar-refractivity contribution in [1.29, 1.82) is 0 Å². The summed E-state index contributed by atoms with van der Waals surface area (Å²) in [7, 11) is 1.63. The van der Waals surface area contributed by atoms with Gasteiger partial charge in [-0.15, -0.1) is 0 Å². The largest absolute Gasteiger partial charge is 0.493 e. The molecule has 0 amide bonds. The summed E-state index contributed by atoms with van der Waals surface area (Å²) in [6.45, 7) is 9.49. The highest BCUT2D eigenvalue weighted by molar-refractivity contribution is 5.43. The zero-order valence-corrected chi connectivity index (χ0v) is 17.3. The van der Waals surface area contributed by atoms with Crippen LogP contribution in [0.4, 0.5) is 0 Å². The van der Waals surface area contributed by atoms with E-state index in [0.717, 1.165) is 44.7 Å². The summed E-state index contributed by atoms with van der Waals surface area (Å²) in [6.07, 6.45) is 6.11. The van der Waals surface area contributed by atoms with E-state index in [2.05, 4.69) is 33.6 Å². The normalized spacial score (nSPS) is 12.3. The van der Waals surface area contributed by atoms with Crippen LogP contribution in [0.2, 0.25) is 0 Å². The van der Waals surface area contributed by atoms with Gasteiger partial charge in [-0.05, 0) is 43.8 Å². The van der Waals surface area contributed by atoms with Gasteiger partial charge in [-0.1, -0.05) is 19.9 Å². The first kappa shape index (κ1) is 22.2. The fourth-order valence-corrected chi connectivity index (χ4v) is 3.00.